The summed E-state index contributed by atoms with van der Waals surface area (Å²) < 4.78 is 0. The third kappa shape index (κ3) is 2.89. The Kier molecular flexibility index (Phi) is 4.12. The van der Waals surface area contributed by atoms with Gasteiger partial charge in [-0.3, -0.25) is 4.79 Å². The summed E-state index contributed by atoms with van der Waals surface area (Å²) in [6, 6.07) is 1.56. The van der Waals surface area contributed by atoms with Crippen LogP contribution >= 0.6 is 23.2 Å². The monoisotopic (exact) mass is 328 g/mol. The standard InChI is InChI=1S/C15H18Cl2N2O2/c16-12-7-10(8-18-13(12)17)14(20)19-6-5-15(21)4-2-1-3-11(15)9-19/h7-8,11,21H,1-6,9H2. The number of halogens is 2. The third-order valence-electron chi connectivity index (χ3n) is 4.76. The first-order valence-corrected chi connectivity index (χ1v) is 8.08. The maximum atomic E-state index is 12.5. The molecule has 1 N–H and O–H groups in total. The number of nitrogens with zero attached hydrogens (tertiary/aromatic N) is 2. The number of likely N-dealkylation sites (tertiary alicyclic amines) is 1. The molecule has 1 aliphatic heterocycles. The number of hydrogen-bond donors (Lipinski definition) is 1. The van der Waals surface area contributed by atoms with Crippen LogP contribution in [0.5, 0.6) is 0 Å². The van der Waals surface area contributed by atoms with Crippen LogP contribution in [0.2, 0.25) is 10.2 Å². The van der Waals surface area contributed by atoms with Crippen molar-refractivity contribution >= 4 is 29.1 Å². The second kappa shape index (κ2) is 5.75. The lowest BCUT2D eigenvalue weighted by molar-refractivity contribution is -0.0886. The molecule has 2 aliphatic rings. The zero-order valence-corrected chi connectivity index (χ0v) is 13.2. The smallest absolute Gasteiger partial charge is 0.255 e. The van der Waals surface area contributed by atoms with Crippen molar-refractivity contribution in [3.63, 3.8) is 0 Å². The van der Waals surface area contributed by atoms with Gasteiger partial charge in [0, 0.05) is 25.2 Å². The highest BCUT2D eigenvalue weighted by Crippen LogP contribution is 2.40. The fraction of sp³-hybridized carbons (Fsp3) is 0.600. The summed E-state index contributed by atoms with van der Waals surface area (Å²) in [6.45, 7) is 1.18. The van der Waals surface area contributed by atoms with Gasteiger partial charge in [0.2, 0.25) is 0 Å². The molecule has 0 aromatic carbocycles. The number of piperidine rings is 1. The molecule has 114 valence electrons. The van der Waals surface area contributed by atoms with E-state index in [-0.39, 0.29) is 22.0 Å². The maximum absolute atomic E-state index is 12.5. The van der Waals surface area contributed by atoms with Crippen molar-refractivity contribution in [1.82, 2.24) is 9.88 Å². The van der Waals surface area contributed by atoms with Crippen LogP contribution in [0.4, 0.5) is 0 Å². The molecule has 1 aromatic rings. The first-order valence-electron chi connectivity index (χ1n) is 7.32. The van der Waals surface area contributed by atoms with Crippen molar-refractivity contribution in [2.45, 2.75) is 37.7 Å². The molecule has 4 nitrogen and oxygen atoms in total. The van der Waals surface area contributed by atoms with Crippen LogP contribution in [-0.4, -0.2) is 39.6 Å². The summed E-state index contributed by atoms with van der Waals surface area (Å²) in [5.41, 5.74) is -0.129. The summed E-state index contributed by atoms with van der Waals surface area (Å²) in [6.07, 6.45) is 6.16. The van der Waals surface area contributed by atoms with Gasteiger partial charge in [0.25, 0.3) is 5.91 Å². The Bertz CT molecular complexity index is 567. The van der Waals surface area contributed by atoms with Crippen LogP contribution in [0.3, 0.4) is 0 Å². The average molecular weight is 329 g/mol. The van der Waals surface area contributed by atoms with E-state index in [1.807, 2.05) is 0 Å². The van der Waals surface area contributed by atoms with Crippen LogP contribution < -0.4 is 0 Å². The molecule has 21 heavy (non-hydrogen) atoms. The Morgan fingerprint density at radius 3 is 2.95 bits per heavy atom. The molecule has 0 radical (unpaired) electrons. The van der Waals surface area contributed by atoms with E-state index < -0.39 is 5.60 Å². The minimum atomic E-state index is -0.578. The van der Waals surface area contributed by atoms with Gasteiger partial charge in [-0.05, 0) is 25.3 Å². The number of rotatable bonds is 1. The Labute approximate surface area is 134 Å². The SMILES string of the molecule is O=C(c1cnc(Cl)c(Cl)c1)N1CCC2(O)CCCCC2C1. The van der Waals surface area contributed by atoms with Gasteiger partial charge in [-0.1, -0.05) is 36.0 Å². The molecular weight excluding hydrogens is 311 g/mol. The predicted molar refractivity (Wildman–Crippen MR) is 81.7 cm³/mol. The topological polar surface area (TPSA) is 53.4 Å². The number of amides is 1. The Morgan fingerprint density at radius 1 is 1.38 bits per heavy atom. The number of pyridine rings is 1. The normalized spacial score (nSPS) is 29.1. The average Bonchev–Trinajstić information content (AvgIpc) is 2.48. The Balaban J connectivity index is 1.75. The summed E-state index contributed by atoms with van der Waals surface area (Å²) >= 11 is 11.7. The van der Waals surface area contributed by atoms with Gasteiger partial charge in [-0.2, -0.15) is 0 Å². The molecule has 6 heteroatoms. The van der Waals surface area contributed by atoms with Gasteiger partial charge in [-0.25, -0.2) is 4.98 Å². The molecule has 2 atom stereocenters. The molecule has 0 bridgehead atoms. The van der Waals surface area contributed by atoms with Crippen LogP contribution in [-0.2, 0) is 0 Å². The van der Waals surface area contributed by atoms with Gasteiger partial charge in [-0.15, -0.1) is 0 Å². The van der Waals surface area contributed by atoms with E-state index in [4.69, 9.17) is 23.2 Å². The van der Waals surface area contributed by atoms with Crippen molar-refractivity contribution in [2.75, 3.05) is 13.1 Å². The highest BCUT2D eigenvalue weighted by atomic mass is 35.5. The molecule has 0 spiro atoms. The molecule has 1 saturated heterocycles. The van der Waals surface area contributed by atoms with Crippen molar-refractivity contribution < 1.29 is 9.90 Å². The minimum absolute atomic E-state index is 0.0892. The quantitative estimate of drug-likeness (QED) is 0.805. The van der Waals surface area contributed by atoms with Crippen LogP contribution in [0.1, 0.15) is 42.5 Å². The van der Waals surface area contributed by atoms with Gasteiger partial charge in [0.15, 0.2) is 0 Å². The molecular formula is C15H18Cl2N2O2. The molecule has 2 fully saturated rings. The lowest BCUT2D eigenvalue weighted by atomic mass is 9.71. The van der Waals surface area contributed by atoms with Crippen LogP contribution in [0, 0.1) is 5.92 Å². The van der Waals surface area contributed by atoms with Crippen molar-refractivity contribution in [3.8, 4) is 0 Å². The number of hydrogen-bond acceptors (Lipinski definition) is 3. The van der Waals surface area contributed by atoms with E-state index >= 15 is 0 Å². The second-order valence-corrected chi connectivity index (χ2v) is 6.81. The lowest BCUT2D eigenvalue weighted by Gasteiger charge is -2.47. The molecule has 3 rings (SSSR count). The number of fused-ring (bicyclic) bond motifs is 1. The van der Waals surface area contributed by atoms with Crippen molar-refractivity contribution in [3.05, 3.63) is 28.0 Å². The first-order chi connectivity index (χ1) is 9.99. The molecule has 2 heterocycles. The third-order valence-corrected chi connectivity index (χ3v) is 5.44. The summed E-state index contributed by atoms with van der Waals surface area (Å²) in [4.78, 5) is 18.3. The fourth-order valence-corrected chi connectivity index (χ4v) is 3.75. The molecule has 1 aromatic heterocycles. The number of aromatic nitrogens is 1. The first kappa shape index (κ1) is 15.1. The number of carbonyl (C=O) groups excluding carboxylic acids is 1. The molecule has 1 amide bonds. The summed E-state index contributed by atoms with van der Waals surface area (Å²) in [7, 11) is 0. The van der Waals surface area contributed by atoms with Crippen LogP contribution in [0.25, 0.3) is 0 Å². The Hall–Kier alpha value is -0.840. The van der Waals surface area contributed by atoms with Crippen molar-refractivity contribution in [1.29, 1.82) is 0 Å². The van der Waals surface area contributed by atoms with Gasteiger partial charge >= 0.3 is 0 Å². The van der Waals surface area contributed by atoms with E-state index in [0.717, 1.165) is 25.7 Å². The predicted octanol–water partition coefficient (Wildman–Crippen LogP) is 3.16. The molecule has 1 aliphatic carbocycles. The van der Waals surface area contributed by atoms with Gasteiger partial charge in [0.1, 0.15) is 5.15 Å². The highest BCUT2D eigenvalue weighted by molar-refractivity contribution is 6.41. The second-order valence-electron chi connectivity index (χ2n) is 6.04. The van der Waals surface area contributed by atoms with Crippen LogP contribution in [0.15, 0.2) is 12.3 Å². The van der Waals surface area contributed by atoms with E-state index in [2.05, 4.69) is 4.98 Å². The maximum Gasteiger partial charge on any atom is 0.255 e. The zero-order chi connectivity index (χ0) is 15.0. The zero-order valence-electron chi connectivity index (χ0n) is 11.7. The summed E-state index contributed by atoms with van der Waals surface area (Å²) in [5.74, 6) is 0.0911. The van der Waals surface area contributed by atoms with E-state index in [0.29, 0.717) is 25.1 Å². The highest BCUT2D eigenvalue weighted by Gasteiger charge is 2.43. The van der Waals surface area contributed by atoms with E-state index in [1.165, 1.54) is 6.20 Å². The largest absolute Gasteiger partial charge is 0.389 e. The van der Waals surface area contributed by atoms with E-state index in [9.17, 15) is 9.90 Å². The molecule has 1 saturated carbocycles. The fourth-order valence-electron chi connectivity index (χ4n) is 3.48. The van der Waals surface area contributed by atoms with Gasteiger partial charge in [0.05, 0.1) is 16.2 Å². The van der Waals surface area contributed by atoms with Gasteiger partial charge < -0.3 is 10.0 Å². The van der Waals surface area contributed by atoms with E-state index in [1.54, 1.807) is 11.0 Å². The Morgan fingerprint density at radius 2 is 2.19 bits per heavy atom. The summed E-state index contributed by atoms with van der Waals surface area (Å²) in [5, 5.41) is 11.1. The number of carbonyl (C=O) groups is 1. The minimum Gasteiger partial charge on any atom is -0.389 e. The molecule has 2 unspecified atom stereocenters. The lowest BCUT2D eigenvalue weighted by Crippen LogP contribution is -2.54. The van der Waals surface area contributed by atoms with Crippen molar-refractivity contribution in [2.24, 2.45) is 5.92 Å². The number of aliphatic hydroxyl groups is 1.